The number of nitrogens with one attached hydrogen (secondary N) is 1. The topological polar surface area (TPSA) is 75.0 Å². The maximum absolute atomic E-state index is 13.7. The predicted octanol–water partition coefficient (Wildman–Crippen LogP) is 5.02. The van der Waals surface area contributed by atoms with E-state index < -0.39 is 5.82 Å². The van der Waals surface area contributed by atoms with Crippen LogP contribution in [0.15, 0.2) is 71.5 Å². The van der Waals surface area contributed by atoms with Crippen LogP contribution in [0.1, 0.15) is 18.1 Å². The zero-order valence-corrected chi connectivity index (χ0v) is 16.6. The maximum atomic E-state index is 13.7. The van der Waals surface area contributed by atoms with E-state index in [0.717, 1.165) is 5.56 Å². The van der Waals surface area contributed by atoms with Gasteiger partial charge in [-0.25, -0.2) is 14.4 Å². The molecule has 0 radical (unpaired) electrons. The van der Waals surface area contributed by atoms with Gasteiger partial charge in [-0.15, -0.1) is 0 Å². The second kappa shape index (κ2) is 8.92. The normalized spacial score (nSPS) is 10.9. The Labute approximate surface area is 177 Å². The predicted molar refractivity (Wildman–Crippen MR) is 111 cm³/mol. The summed E-state index contributed by atoms with van der Waals surface area (Å²) in [5, 5.41) is 0.562. The Hall–Kier alpha value is -3.45. The molecule has 0 saturated carbocycles. The van der Waals surface area contributed by atoms with Crippen LogP contribution in [0.5, 0.6) is 0 Å². The van der Waals surface area contributed by atoms with E-state index in [1.165, 1.54) is 17.0 Å². The Morgan fingerprint density at radius 3 is 2.80 bits per heavy atom. The van der Waals surface area contributed by atoms with E-state index in [1.807, 2.05) is 18.2 Å². The van der Waals surface area contributed by atoms with Gasteiger partial charge < -0.3 is 14.3 Å². The molecule has 1 N–H and O–H groups in total. The first-order valence-corrected chi connectivity index (χ1v) is 9.72. The minimum Gasteiger partial charge on any atom is -0.441 e. The fourth-order valence-corrected chi connectivity index (χ4v) is 3.29. The van der Waals surface area contributed by atoms with Gasteiger partial charge in [0.25, 0.3) is 0 Å². The lowest BCUT2D eigenvalue weighted by atomic mass is 10.2. The average Bonchev–Trinajstić information content (AvgIpc) is 3.43. The van der Waals surface area contributed by atoms with E-state index in [4.69, 9.17) is 16.0 Å². The quantitative estimate of drug-likeness (QED) is 0.452. The molecule has 0 aliphatic rings. The van der Waals surface area contributed by atoms with Crippen molar-refractivity contribution in [1.82, 2.24) is 15.0 Å². The van der Waals surface area contributed by atoms with Gasteiger partial charge in [0.1, 0.15) is 11.6 Å². The summed E-state index contributed by atoms with van der Waals surface area (Å²) in [4.78, 5) is 25.8. The van der Waals surface area contributed by atoms with E-state index in [9.17, 15) is 9.18 Å². The average molecular weight is 425 g/mol. The highest BCUT2D eigenvalue weighted by molar-refractivity contribution is 6.33. The van der Waals surface area contributed by atoms with Gasteiger partial charge in [0.05, 0.1) is 17.8 Å². The first-order chi connectivity index (χ1) is 14.6. The zero-order chi connectivity index (χ0) is 20.9. The number of carbonyl (C=O) groups is 1. The molecule has 4 aromatic rings. The van der Waals surface area contributed by atoms with Crippen molar-refractivity contribution < 1.29 is 13.6 Å². The van der Waals surface area contributed by atoms with Crippen LogP contribution in [0, 0.1) is 5.82 Å². The summed E-state index contributed by atoms with van der Waals surface area (Å²) < 4.78 is 19.5. The van der Waals surface area contributed by atoms with Crippen LogP contribution in [0.3, 0.4) is 0 Å². The van der Waals surface area contributed by atoms with Crippen molar-refractivity contribution in [2.45, 2.75) is 19.4 Å². The zero-order valence-electron chi connectivity index (χ0n) is 15.9. The third-order valence-electron chi connectivity index (χ3n) is 4.53. The molecule has 0 saturated heterocycles. The lowest BCUT2D eigenvalue weighted by molar-refractivity contribution is -0.118. The molecule has 0 unspecified atom stereocenters. The SMILES string of the molecule is O=C(CCc1ncc(-c2ccccc2Cl)o1)N(Cc1ncc[nH]1)c1cccc(F)c1. The fourth-order valence-electron chi connectivity index (χ4n) is 3.06. The Morgan fingerprint density at radius 2 is 2.03 bits per heavy atom. The number of aromatic nitrogens is 3. The van der Waals surface area contributed by atoms with Crippen LogP contribution in [0.4, 0.5) is 10.1 Å². The Morgan fingerprint density at radius 1 is 1.17 bits per heavy atom. The largest absolute Gasteiger partial charge is 0.441 e. The van der Waals surface area contributed by atoms with Gasteiger partial charge in [-0.3, -0.25) is 4.79 Å². The summed E-state index contributed by atoms with van der Waals surface area (Å²) >= 11 is 6.20. The van der Waals surface area contributed by atoms with Crippen LogP contribution in [0.25, 0.3) is 11.3 Å². The molecular weight excluding hydrogens is 407 g/mol. The molecule has 1 amide bonds. The van der Waals surface area contributed by atoms with Crippen LogP contribution >= 0.6 is 11.6 Å². The number of carbonyl (C=O) groups excluding carboxylic acids is 1. The molecule has 0 bridgehead atoms. The molecule has 30 heavy (non-hydrogen) atoms. The summed E-state index contributed by atoms with van der Waals surface area (Å²) in [5.41, 5.74) is 1.20. The summed E-state index contributed by atoms with van der Waals surface area (Å²) in [6.07, 6.45) is 5.31. The molecule has 0 aliphatic heterocycles. The number of hydrogen-bond donors (Lipinski definition) is 1. The minimum atomic E-state index is -0.415. The van der Waals surface area contributed by atoms with Crippen molar-refractivity contribution in [1.29, 1.82) is 0 Å². The Balaban J connectivity index is 1.48. The third-order valence-corrected chi connectivity index (χ3v) is 4.86. The van der Waals surface area contributed by atoms with Crippen molar-refractivity contribution >= 4 is 23.2 Å². The number of oxazole rings is 1. The van der Waals surface area contributed by atoms with Crippen molar-refractivity contribution in [3.05, 3.63) is 89.7 Å². The molecule has 0 aliphatic carbocycles. The number of H-pyrrole nitrogens is 1. The molecule has 0 spiro atoms. The van der Waals surface area contributed by atoms with E-state index in [2.05, 4.69) is 15.0 Å². The standard InChI is InChI=1S/C22H18ClFN4O2/c23-18-7-2-1-6-17(18)19-13-27-21(30-19)8-9-22(29)28(14-20-25-10-11-26-20)16-5-3-4-15(24)12-16/h1-7,10-13H,8-9,14H2,(H,25,26). The van der Waals surface area contributed by atoms with E-state index in [1.54, 1.807) is 36.8 Å². The third kappa shape index (κ3) is 4.58. The van der Waals surface area contributed by atoms with Gasteiger partial charge in [-0.2, -0.15) is 0 Å². The smallest absolute Gasteiger partial charge is 0.227 e. The number of amides is 1. The highest BCUT2D eigenvalue weighted by atomic mass is 35.5. The monoisotopic (exact) mass is 424 g/mol. The summed E-state index contributed by atoms with van der Waals surface area (Å²) in [5.74, 6) is 0.956. The van der Waals surface area contributed by atoms with E-state index in [-0.39, 0.29) is 18.9 Å². The molecule has 2 heterocycles. The van der Waals surface area contributed by atoms with Gasteiger partial charge in [0.2, 0.25) is 5.91 Å². The number of halogens is 2. The molecule has 2 aromatic carbocycles. The number of aromatic amines is 1. The van der Waals surface area contributed by atoms with Crippen molar-refractivity contribution in [2.75, 3.05) is 4.90 Å². The minimum absolute atomic E-state index is 0.139. The number of imidazole rings is 1. The van der Waals surface area contributed by atoms with Crippen LogP contribution < -0.4 is 4.90 Å². The van der Waals surface area contributed by atoms with Crippen molar-refractivity contribution in [3.8, 4) is 11.3 Å². The number of anilines is 1. The van der Waals surface area contributed by atoms with Gasteiger partial charge in [-0.1, -0.05) is 29.8 Å². The van der Waals surface area contributed by atoms with Gasteiger partial charge >= 0.3 is 0 Å². The van der Waals surface area contributed by atoms with Crippen LogP contribution in [-0.4, -0.2) is 20.9 Å². The lowest BCUT2D eigenvalue weighted by Gasteiger charge is -2.22. The summed E-state index contributed by atoms with van der Waals surface area (Å²) in [6.45, 7) is 0.200. The molecular formula is C22H18ClFN4O2. The highest BCUT2D eigenvalue weighted by Gasteiger charge is 2.19. The number of hydrogen-bond acceptors (Lipinski definition) is 4. The molecule has 4 rings (SSSR count). The molecule has 2 aromatic heterocycles. The summed E-state index contributed by atoms with van der Waals surface area (Å²) in [7, 11) is 0. The first kappa shape index (κ1) is 19.8. The highest BCUT2D eigenvalue weighted by Crippen LogP contribution is 2.28. The number of benzene rings is 2. The Bertz CT molecular complexity index is 1140. The molecule has 152 valence electrons. The molecule has 0 fully saturated rings. The van der Waals surface area contributed by atoms with Crippen molar-refractivity contribution in [3.63, 3.8) is 0 Å². The maximum Gasteiger partial charge on any atom is 0.227 e. The molecule has 6 nitrogen and oxygen atoms in total. The Kier molecular flexibility index (Phi) is 5.90. The summed E-state index contributed by atoms with van der Waals surface area (Å²) in [6, 6.07) is 13.2. The fraction of sp³-hybridized carbons (Fsp3) is 0.136. The van der Waals surface area contributed by atoms with Gasteiger partial charge in [0, 0.05) is 36.5 Å². The second-order valence-electron chi connectivity index (χ2n) is 6.59. The van der Waals surface area contributed by atoms with Gasteiger partial charge in [0.15, 0.2) is 11.7 Å². The van der Waals surface area contributed by atoms with E-state index in [0.29, 0.717) is 34.6 Å². The lowest BCUT2D eigenvalue weighted by Crippen LogP contribution is -2.31. The van der Waals surface area contributed by atoms with Crippen LogP contribution in [-0.2, 0) is 17.8 Å². The van der Waals surface area contributed by atoms with Crippen molar-refractivity contribution in [2.24, 2.45) is 0 Å². The van der Waals surface area contributed by atoms with Crippen LogP contribution in [0.2, 0.25) is 5.02 Å². The first-order valence-electron chi connectivity index (χ1n) is 9.34. The molecule has 8 heteroatoms. The number of nitrogens with zero attached hydrogens (tertiary/aromatic N) is 3. The second-order valence-corrected chi connectivity index (χ2v) is 7.00. The molecule has 0 atom stereocenters. The number of rotatable bonds is 7. The van der Waals surface area contributed by atoms with E-state index >= 15 is 0 Å². The van der Waals surface area contributed by atoms with Gasteiger partial charge in [-0.05, 0) is 30.3 Å². The number of aryl methyl sites for hydroxylation is 1.